The number of carbonyl (C=O) groups excluding carboxylic acids is 4. The van der Waals surface area contributed by atoms with Crippen molar-refractivity contribution in [3.05, 3.63) is 128 Å². The molecule has 0 aliphatic heterocycles. The van der Waals surface area contributed by atoms with Gasteiger partial charge in [0.05, 0.1) is 0 Å². The highest BCUT2D eigenvalue weighted by Crippen LogP contribution is 2.43. The molecule has 35 heavy (non-hydrogen) atoms. The van der Waals surface area contributed by atoms with Gasteiger partial charge < -0.3 is 0 Å². The Morgan fingerprint density at radius 1 is 0.371 bits per heavy atom. The minimum Gasteiger partial charge on any atom is -0.289 e. The monoisotopic (exact) mass is 456 g/mol. The van der Waals surface area contributed by atoms with Gasteiger partial charge in [0, 0.05) is 44.5 Å². The predicted octanol–water partition coefficient (Wildman–Crippen LogP) is 5.83. The Kier molecular flexibility index (Phi) is 4.39. The normalized spacial score (nSPS) is 13.8. The van der Waals surface area contributed by atoms with Crippen LogP contribution in [0.4, 0.5) is 0 Å². The van der Waals surface area contributed by atoms with E-state index in [1.165, 1.54) is 0 Å². The first kappa shape index (κ1) is 21.1. The van der Waals surface area contributed by atoms with Gasteiger partial charge in [-0.3, -0.25) is 19.2 Å². The van der Waals surface area contributed by atoms with Gasteiger partial charge in [0.25, 0.3) is 0 Å². The van der Waals surface area contributed by atoms with Crippen LogP contribution in [0.1, 0.15) is 80.4 Å². The quantitative estimate of drug-likeness (QED) is 0.312. The molecule has 0 amide bonds. The van der Waals surface area contributed by atoms with Crippen molar-refractivity contribution in [2.24, 2.45) is 0 Å². The summed E-state index contributed by atoms with van der Waals surface area (Å²) >= 11 is 0. The van der Waals surface area contributed by atoms with Crippen molar-refractivity contribution in [2.45, 2.75) is 20.8 Å². The lowest BCUT2D eigenvalue weighted by molar-refractivity contribution is 0.0977. The molecule has 168 valence electrons. The van der Waals surface area contributed by atoms with Gasteiger partial charge in [-0.1, -0.05) is 66.7 Å². The van der Waals surface area contributed by atoms with Crippen molar-refractivity contribution in [1.29, 1.82) is 0 Å². The molecule has 0 bridgehead atoms. The second kappa shape index (κ2) is 7.28. The van der Waals surface area contributed by atoms with Gasteiger partial charge in [-0.05, 0) is 48.6 Å². The third-order valence-electron chi connectivity index (χ3n) is 7.15. The van der Waals surface area contributed by atoms with Crippen LogP contribution < -0.4 is 0 Å². The molecule has 2 aliphatic rings. The molecule has 0 fully saturated rings. The molecular weight excluding hydrogens is 436 g/mol. The van der Waals surface area contributed by atoms with E-state index in [4.69, 9.17) is 0 Å². The van der Waals surface area contributed by atoms with Crippen molar-refractivity contribution in [2.75, 3.05) is 0 Å². The number of aryl methyl sites for hydroxylation is 3. The van der Waals surface area contributed by atoms with Crippen molar-refractivity contribution in [3.63, 3.8) is 0 Å². The Morgan fingerprint density at radius 2 is 0.771 bits per heavy atom. The molecule has 0 saturated heterocycles. The van der Waals surface area contributed by atoms with E-state index in [0.717, 1.165) is 5.56 Å². The average Bonchev–Trinajstić information content (AvgIpc) is 2.86. The van der Waals surface area contributed by atoms with Crippen LogP contribution in [-0.4, -0.2) is 23.1 Å². The Hall–Kier alpha value is -4.44. The van der Waals surface area contributed by atoms with E-state index in [0.29, 0.717) is 66.8 Å². The van der Waals surface area contributed by atoms with Crippen LogP contribution in [0.15, 0.2) is 66.7 Å². The Balaban J connectivity index is 1.72. The number of hydrogen-bond donors (Lipinski definition) is 0. The van der Waals surface area contributed by atoms with Gasteiger partial charge in [0.2, 0.25) is 0 Å². The van der Waals surface area contributed by atoms with Gasteiger partial charge in [0.1, 0.15) is 0 Å². The second-order valence-corrected chi connectivity index (χ2v) is 9.22. The van der Waals surface area contributed by atoms with Crippen molar-refractivity contribution in [3.8, 4) is 11.1 Å². The highest BCUT2D eigenvalue weighted by molar-refractivity contribution is 6.33. The van der Waals surface area contributed by atoms with Crippen LogP contribution in [0.2, 0.25) is 0 Å². The fraction of sp³-hybridized carbons (Fsp3) is 0.0968. The molecule has 0 heterocycles. The maximum Gasteiger partial charge on any atom is 0.195 e. The highest BCUT2D eigenvalue weighted by Gasteiger charge is 2.38. The van der Waals surface area contributed by atoms with E-state index < -0.39 is 0 Å². The fourth-order valence-electron chi connectivity index (χ4n) is 5.60. The first-order chi connectivity index (χ1) is 16.8. The minimum atomic E-state index is -0.252. The molecule has 0 atom stereocenters. The third-order valence-corrected chi connectivity index (χ3v) is 7.15. The smallest absolute Gasteiger partial charge is 0.195 e. The van der Waals surface area contributed by atoms with E-state index in [1.54, 1.807) is 54.6 Å². The van der Waals surface area contributed by atoms with E-state index in [-0.39, 0.29) is 23.1 Å². The van der Waals surface area contributed by atoms with Crippen LogP contribution in [0, 0.1) is 20.8 Å². The zero-order valence-electron chi connectivity index (χ0n) is 19.5. The molecule has 0 unspecified atom stereocenters. The Labute approximate surface area is 202 Å². The SMILES string of the molecule is Cc1ccc(-c2c(C)cc(C)c3c2C(=O)c2ccccc2C3=O)c2c1C(=O)c1ccccc1C2=O. The fourth-order valence-corrected chi connectivity index (χ4v) is 5.60. The number of rotatable bonds is 1. The molecule has 0 aromatic heterocycles. The van der Waals surface area contributed by atoms with Crippen molar-refractivity contribution < 1.29 is 19.2 Å². The van der Waals surface area contributed by atoms with Gasteiger partial charge >= 0.3 is 0 Å². The summed E-state index contributed by atoms with van der Waals surface area (Å²) in [7, 11) is 0. The first-order valence-corrected chi connectivity index (χ1v) is 11.5. The molecule has 4 aromatic rings. The number of benzene rings is 4. The Bertz CT molecular complexity index is 1690. The van der Waals surface area contributed by atoms with E-state index in [9.17, 15) is 19.2 Å². The molecule has 0 saturated carbocycles. The minimum absolute atomic E-state index is 0.206. The summed E-state index contributed by atoms with van der Waals surface area (Å²) in [4.78, 5) is 54.6. The predicted molar refractivity (Wildman–Crippen MR) is 133 cm³/mol. The molecule has 4 heteroatoms. The molecule has 0 N–H and O–H groups in total. The molecule has 0 spiro atoms. The zero-order chi connectivity index (χ0) is 24.6. The lowest BCUT2D eigenvalue weighted by Crippen LogP contribution is -2.25. The maximum atomic E-state index is 13.8. The third kappa shape index (κ3) is 2.74. The number of hydrogen-bond acceptors (Lipinski definition) is 4. The maximum absolute atomic E-state index is 13.8. The summed E-state index contributed by atoms with van der Waals surface area (Å²) in [5.74, 6) is -0.914. The van der Waals surface area contributed by atoms with Crippen LogP contribution in [-0.2, 0) is 0 Å². The molecule has 4 aromatic carbocycles. The van der Waals surface area contributed by atoms with Gasteiger partial charge in [-0.2, -0.15) is 0 Å². The van der Waals surface area contributed by atoms with Gasteiger partial charge in [-0.15, -0.1) is 0 Å². The van der Waals surface area contributed by atoms with E-state index in [2.05, 4.69) is 0 Å². The van der Waals surface area contributed by atoms with E-state index >= 15 is 0 Å². The zero-order valence-corrected chi connectivity index (χ0v) is 19.5. The second-order valence-electron chi connectivity index (χ2n) is 9.22. The number of fused-ring (bicyclic) bond motifs is 4. The number of ketones is 4. The molecular formula is C31H20O4. The van der Waals surface area contributed by atoms with E-state index in [1.807, 2.05) is 32.9 Å². The van der Waals surface area contributed by atoms with Crippen molar-refractivity contribution in [1.82, 2.24) is 0 Å². The summed E-state index contributed by atoms with van der Waals surface area (Å²) < 4.78 is 0. The highest BCUT2D eigenvalue weighted by atomic mass is 16.1. The van der Waals surface area contributed by atoms with Crippen LogP contribution in [0.3, 0.4) is 0 Å². The summed E-state index contributed by atoms with van der Waals surface area (Å²) in [6, 6.07) is 19.1. The summed E-state index contributed by atoms with van der Waals surface area (Å²) in [6.45, 7) is 5.50. The van der Waals surface area contributed by atoms with Crippen LogP contribution in [0.25, 0.3) is 11.1 Å². The lowest BCUT2D eigenvalue weighted by Gasteiger charge is -2.27. The van der Waals surface area contributed by atoms with Gasteiger partial charge in [0.15, 0.2) is 23.1 Å². The summed E-state index contributed by atoms with van der Waals surface area (Å²) in [5.41, 5.74) is 6.00. The largest absolute Gasteiger partial charge is 0.289 e. The van der Waals surface area contributed by atoms with Crippen LogP contribution in [0.5, 0.6) is 0 Å². The van der Waals surface area contributed by atoms with Crippen molar-refractivity contribution >= 4 is 23.1 Å². The number of carbonyl (C=O) groups is 4. The topological polar surface area (TPSA) is 68.3 Å². The first-order valence-electron chi connectivity index (χ1n) is 11.5. The Morgan fingerprint density at radius 3 is 1.29 bits per heavy atom. The molecule has 0 radical (unpaired) electrons. The summed E-state index contributed by atoms with van der Waals surface area (Å²) in [6.07, 6.45) is 0. The standard InChI is InChI=1S/C31H20O4/c1-15-12-13-22(26-24(15)28(32)18-8-4-6-10-20(18)30(26)34)23-16(2)14-17(3)25-27(23)31(35)21-11-7-5-9-19(21)29(25)33/h4-14H,1-3H3. The molecule has 6 rings (SSSR count). The van der Waals surface area contributed by atoms with Gasteiger partial charge in [-0.25, -0.2) is 0 Å². The molecule has 4 nitrogen and oxygen atoms in total. The molecule has 2 aliphatic carbocycles. The summed E-state index contributed by atoms with van der Waals surface area (Å²) in [5, 5.41) is 0. The van der Waals surface area contributed by atoms with Crippen LogP contribution >= 0.6 is 0 Å². The lowest BCUT2D eigenvalue weighted by atomic mass is 9.73. The average molecular weight is 456 g/mol.